The number of nitrogen functional groups attached to an aromatic ring is 1. The number of halogens is 2. The SMILES string of the molecule is Cc1cc(F)c(C(=O)c2ccc(N)cc2)cc1F. The van der Waals surface area contributed by atoms with Crippen LogP contribution in [0.15, 0.2) is 36.4 Å². The summed E-state index contributed by atoms with van der Waals surface area (Å²) >= 11 is 0. The summed E-state index contributed by atoms with van der Waals surface area (Å²) < 4.78 is 27.0. The van der Waals surface area contributed by atoms with Gasteiger partial charge in [-0.25, -0.2) is 8.78 Å². The molecule has 0 radical (unpaired) electrons. The van der Waals surface area contributed by atoms with E-state index in [-0.39, 0.29) is 16.7 Å². The molecule has 2 nitrogen and oxygen atoms in total. The van der Waals surface area contributed by atoms with Crippen LogP contribution in [0.5, 0.6) is 0 Å². The second-order valence-electron chi connectivity index (χ2n) is 4.03. The quantitative estimate of drug-likeness (QED) is 0.654. The molecule has 92 valence electrons. The number of ketones is 1. The molecule has 0 unspecified atom stereocenters. The summed E-state index contributed by atoms with van der Waals surface area (Å²) in [5.74, 6) is -1.89. The van der Waals surface area contributed by atoms with Crippen molar-refractivity contribution < 1.29 is 13.6 Å². The van der Waals surface area contributed by atoms with Gasteiger partial charge in [-0.15, -0.1) is 0 Å². The smallest absolute Gasteiger partial charge is 0.196 e. The molecule has 0 saturated carbocycles. The Hall–Kier alpha value is -2.23. The molecule has 18 heavy (non-hydrogen) atoms. The van der Waals surface area contributed by atoms with Crippen LogP contribution in [0, 0.1) is 18.6 Å². The Morgan fingerprint density at radius 2 is 1.67 bits per heavy atom. The zero-order valence-corrected chi connectivity index (χ0v) is 9.71. The Morgan fingerprint density at radius 3 is 2.28 bits per heavy atom. The average molecular weight is 247 g/mol. The predicted molar refractivity (Wildman–Crippen MR) is 65.4 cm³/mol. The van der Waals surface area contributed by atoms with Crippen molar-refractivity contribution in [2.45, 2.75) is 6.92 Å². The van der Waals surface area contributed by atoms with Crippen LogP contribution < -0.4 is 5.73 Å². The molecular weight excluding hydrogens is 236 g/mol. The lowest BCUT2D eigenvalue weighted by Crippen LogP contribution is -2.06. The number of hydrogen-bond acceptors (Lipinski definition) is 2. The standard InChI is InChI=1S/C14H11F2NO/c1-8-6-13(16)11(7-12(8)15)14(18)9-2-4-10(17)5-3-9/h2-7H,17H2,1H3. The van der Waals surface area contributed by atoms with Gasteiger partial charge in [0, 0.05) is 11.3 Å². The molecule has 0 aliphatic heterocycles. The normalized spacial score (nSPS) is 10.4. The number of aryl methyl sites for hydroxylation is 1. The molecule has 0 spiro atoms. The summed E-state index contributed by atoms with van der Waals surface area (Å²) in [6.45, 7) is 1.44. The summed E-state index contributed by atoms with van der Waals surface area (Å²) in [5, 5.41) is 0. The molecule has 2 aromatic carbocycles. The number of benzene rings is 2. The van der Waals surface area contributed by atoms with Gasteiger partial charge in [0.25, 0.3) is 0 Å². The Kier molecular flexibility index (Phi) is 3.10. The van der Waals surface area contributed by atoms with Crippen LogP contribution in [0.3, 0.4) is 0 Å². The molecule has 0 fully saturated rings. The van der Waals surface area contributed by atoms with Gasteiger partial charge in [-0.2, -0.15) is 0 Å². The first-order chi connectivity index (χ1) is 8.49. The molecule has 0 atom stereocenters. The molecule has 0 heterocycles. The van der Waals surface area contributed by atoms with Gasteiger partial charge in [0.2, 0.25) is 0 Å². The fourth-order valence-electron chi connectivity index (χ4n) is 1.61. The Morgan fingerprint density at radius 1 is 1.06 bits per heavy atom. The number of carbonyl (C=O) groups is 1. The highest BCUT2D eigenvalue weighted by atomic mass is 19.1. The molecule has 0 amide bonds. The maximum atomic E-state index is 13.6. The topological polar surface area (TPSA) is 43.1 Å². The Balaban J connectivity index is 2.46. The van der Waals surface area contributed by atoms with E-state index in [0.717, 1.165) is 12.1 Å². The van der Waals surface area contributed by atoms with E-state index in [2.05, 4.69) is 0 Å². The van der Waals surface area contributed by atoms with Crippen molar-refractivity contribution in [1.29, 1.82) is 0 Å². The van der Waals surface area contributed by atoms with Gasteiger partial charge >= 0.3 is 0 Å². The lowest BCUT2D eigenvalue weighted by molar-refractivity contribution is 0.103. The van der Waals surface area contributed by atoms with E-state index in [4.69, 9.17) is 5.73 Å². The highest BCUT2D eigenvalue weighted by Crippen LogP contribution is 2.18. The van der Waals surface area contributed by atoms with Crippen LogP contribution >= 0.6 is 0 Å². The van der Waals surface area contributed by atoms with Gasteiger partial charge in [0.15, 0.2) is 5.78 Å². The van der Waals surface area contributed by atoms with Crippen molar-refractivity contribution in [3.05, 3.63) is 64.7 Å². The summed E-state index contributed by atoms with van der Waals surface area (Å²) in [6, 6.07) is 7.97. The molecule has 0 aliphatic rings. The van der Waals surface area contributed by atoms with E-state index in [1.165, 1.54) is 31.2 Å². The maximum Gasteiger partial charge on any atom is 0.196 e. The maximum absolute atomic E-state index is 13.6. The van der Waals surface area contributed by atoms with Crippen molar-refractivity contribution in [2.75, 3.05) is 5.73 Å². The van der Waals surface area contributed by atoms with E-state index in [9.17, 15) is 13.6 Å². The van der Waals surface area contributed by atoms with Gasteiger partial charge in [-0.1, -0.05) is 0 Å². The molecular formula is C14H11F2NO. The fraction of sp³-hybridized carbons (Fsp3) is 0.0714. The van der Waals surface area contributed by atoms with Gasteiger partial charge in [0.05, 0.1) is 5.56 Å². The van der Waals surface area contributed by atoms with E-state index in [1.807, 2.05) is 0 Å². The number of rotatable bonds is 2. The van der Waals surface area contributed by atoms with Gasteiger partial charge < -0.3 is 5.73 Å². The van der Waals surface area contributed by atoms with Crippen LogP contribution in [0.25, 0.3) is 0 Å². The minimum absolute atomic E-state index is 0.168. The van der Waals surface area contributed by atoms with E-state index >= 15 is 0 Å². The van der Waals surface area contributed by atoms with Crippen LogP contribution in [0.4, 0.5) is 14.5 Å². The van der Waals surface area contributed by atoms with Gasteiger partial charge in [-0.05, 0) is 48.9 Å². The van der Waals surface area contributed by atoms with E-state index in [0.29, 0.717) is 5.69 Å². The second kappa shape index (κ2) is 4.56. The third kappa shape index (κ3) is 2.22. The van der Waals surface area contributed by atoms with Gasteiger partial charge in [-0.3, -0.25) is 4.79 Å². The van der Waals surface area contributed by atoms with Crippen LogP contribution in [0.2, 0.25) is 0 Å². The zero-order chi connectivity index (χ0) is 13.3. The number of carbonyl (C=O) groups excluding carboxylic acids is 1. The molecule has 2 aromatic rings. The molecule has 0 saturated heterocycles. The first-order valence-corrected chi connectivity index (χ1v) is 5.35. The monoisotopic (exact) mass is 247 g/mol. The van der Waals surface area contributed by atoms with Gasteiger partial charge in [0.1, 0.15) is 11.6 Å². The highest BCUT2D eigenvalue weighted by Gasteiger charge is 2.16. The van der Waals surface area contributed by atoms with Crippen molar-refractivity contribution in [3.8, 4) is 0 Å². The summed E-state index contributed by atoms with van der Waals surface area (Å²) in [4.78, 5) is 12.0. The predicted octanol–water partition coefficient (Wildman–Crippen LogP) is 3.09. The summed E-state index contributed by atoms with van der Waals surface area (Å²) in [6.07, 6.45) is 0. The molecule has 4 heteroatoms. The van der Waals surface area contributed by atoms with Crippen LogP contribution in [0.1, 0.15) is 21.5 Å². The number of hydrogen-bond donors (Lipinski definition) is 1. The Bertz CT molecular complexity index is 606. The molecule has 0 aliphatic carbocycles. The number of anilines is 1. The lowest BCUT2D eigenvalue weighted by Gasteiger charge is -2.05. The minimum Gasteiger partial charge on any atom is -0.399 e. The molecule has 2 N–H and O–H groups in total. The highest BCUT2D eigenvalue weighted by molar-refractivity contribution is 6.09. The zero-order valence-electron chi connectivity index (χ0n) is 9.71. The lowest BCUT2D eigenvalue weighted by atomic mass is 10.0. The summed E-state index contributed by atoms with van der Waals surface area (Å²) in [7, 11) is 0. The fourth-order valence-corrected chi connectivity index (χ4v) is 1.61. The van der Waals surface area contributed by atoms with Crippen molar-refractivity contribution >= 4 is 11.5 Å². The third-order valence-electron chi connectivity index (χ3n) is 2.67. The first kappa shape index (κ1) is 12.2. The summed E-state index contributed by atoms with van der Waals surface area (Å²) in [5.41, 5.74) is 6.16. The van der Waals surface area contributed by atoms with Crippen LogP contribution in [-0.4, -0.2) is 5.78 Å². The van der Waals surface area contributed by atoms with Crippen molar-refractivity contribution in [2.24, 2.45) is 0 Å². The minimum atomic E-state index is -0.726. The van der Waals surface area contributed by atoms with E-state index in [1.54, 1.807) is 0 Å². The molecule has 2 rings (SSSR count). The van der Waals surface area contributed by atoms with Crippen LogP contribution in [-0.2, 0) is 0 Å². The van der Waals surface area contributed by atoms with Crippen molar-refractivity contribution in [1.82, 2.24) is 0 Å². The third-order valence-corrected chi connectivity index (χ3v) is 2.67. The van der Waals surface area contributed by atoms with E-state index < -0.39 is 17.4 Å². The molecule has 0 aromatic heterocycles. The second-order valence-corrected chi connectivity index (χ2v) is 4.03. The van der Waals surface area contributed by atoms with Crippen molar-refractivity contribution in [3.63, 3.8) is 0 Å². The first-order valence-electron chi connectivity index (χ1n) is 5.35. The number of nitrogens with two attached hydrogens (primary N) is 1. The Labute approximate surface area is 103 Å². The average Bonchev–Trinajstić information content (AvgIpc) is 2.34. The largest absolute Gasteiger partial charge is 0.399 e. The molecule has 0 bridgehead atoms.